The second-order valence-corrected chi connectivity index (χ2v) is 9.27. The van der Waals surface area contributed by atoms with Gasteiger partial charge in [-0.2, -0.15) is 0 Å². The third-order valence-electron chi connectivity index (χ3n) is 6.24. The Morgan fingerprint density at radius 3 is 2.97 bits per heavy atom. The summed E-state index contributed by atoms with van der Waals surface area (Å²) in [5.74, 6) is 0.566. The summed E-state index contributed by atoms with van der Waals surface area (Å²) in [5.41, 5.74) is 2.25. The molecular formula is C22H25FN6O2S. The van der Waals surface area contributed by atoms with Gasteiger partial charge in [-0.15, -0.1) is 0 Å². The van der Waals surface area contributed by atoms with Gasteiger partial charge in [0.05, 0.1) is 0 Å². The van der Waals surface area contributed by atoms with E-state index in [0.29, 0.717) is 46.6 Å². The molecule has 2 aromatic heterocycles. The number of nitrogens with one attached hydrogen (secondary N) is 2. The molecule has 4 heterocycles. The lowest BCUT2D eigenvalue weighted by atomic mass is 9.98. The van der Waals surface area contributed by atoms with E-state index in [9.17, 15) is 14.3 Å². The lowest BCUT2D eigenvalue weighted by Gasteiger charge is -2.22. The van der Waals surface area contributed by atoms with E-state index in [4.69, 9.17) is 0 Å². The number of aliphatic hydroxyl groups is 1. The van der Waals surface area contributed by atoms with E-state index < -0.39 is 0 Å². The molecule has 5 rings (SSSR count). The molecule has 0 radical (unpaired) electrons. The SMILES string of the molecule is O=C(NCC1CCNCC1)c1nc2c(N3CC(CCO)c4cc(F)ccc43)ncnc2s1. The number of carbonyl (C=O) groups excluding carboxylic acids is 1. The van der Waals surface area contributed by atoms with E-state index in [1.54, 1.807) is 6.07 Å². The van der Waals surface area contributed by atoms with Crippen molar-refractivity contribution in [3.05, 3.63) is 40.9 Å². The molecular weight excluding hydrogens is 431 g/mol. The fourth-order valence-electron chi connectivity index (χ4n) is 4.55. The molecule has 0 aliphatic carbocycles. The Hall–Kier alpha value is -2.69. The quantitative estimate of drug-likeness (QED) is 0.524. The van der Waals surface area contributed by atoms with E-state index in [-0.39, 0.29) is 24.2 Å². The van der Waals surface area contributed by atoms with E-state index in [2.05, 4.69) is 25.6 Å². The first-order valence-electron chi connectivity index (χ1n) is 10.9. The number of aromatic nitrogens is 3. The molecule has 0 spiro atoms. The number of piperidine rings is 1. The number of anilines is 2. The largest absolute Gasteiger partial charge is 0.396 e. The minimum Gasteiger partial charge on any atom is -0.396 e. The van der Waals surface area contributed by atoms with Crippen LogP contribution in [0.2, 0.25) is 0 Å². The Labute approximate surface area is 188 Å². The minimum atomic E-state index is -0.303. The van der Waals surface area contributed by atoms with Crippen LogP contribution in [-0.2, 0) is 0 Å². The highest BCUT2D eigenvalue weighted by Gasteiger charge is 2.32. The summed E-state index contributed by atoms with van der Waals surface area (Å²) < 4.78 is 13.9. The molecule has 3 aromatic rings. The van der Waals surface area contributed by atoms with Crippen molar-refractivity contribution < 1.29 is 14.3 Å². The van der Waals surface area contributed by atoms with Crippen LogP contribution in [0.15, 0.2) is 24.5 Å². The lowest BCUT2D eigenvalue weighted by molar-refractivity contribution is 0.0944. The molecule has 0 bridgehead atoms. The van der Waals surface area contributed by atoms with Crippen LogP contribution in [0, 0.1) is 11.7 Å². The molecule has 3 N–H and O–H groups in total. The van der Waals surface area contributed by atoms with E-state index >= 15 is 0 Å². The summed E-state index contributed by atoms with van der Waals surface area (Å²) in [5, 5.41) is 16.2. The van der Waals surface area contributed by atoms with Crippen LogP contribution >= 0.6 is 11.3 Å². The van der Waals surface area contributed by atoms with Gasteiger partial charge in [-0.25, -0.2) is 19.3 Å². The molecule has 2 aliphatic heterocycles. The first-order valence-corrected chi connectivity index (χ1v) is 11.7. The Bertz CT molecular complexity index is 1130. The predicted molar refractivity (Wildman–Crippen MR) is 121 cm³/mol. The number of halogens is 1. The topological polar surface area (TPSA) is 103 Å². The van der Waals surface area contributed by atoms with Gasteiger partial charge in [0, 0.05) is 31.3 Å². The van der Waals surface area contributed by atoms with Gasteiger partial charge in [0.25, 0.3) is 5.91 Å². The van der Waals surface area contributed by atoms with Crippen LogP contribution in [0.5, 0.6) is 0 Å². The second kappa shape index (κ2) is 9.05. The zero-order valence-corrected chi connectivity index (χ0v) is 18.4. The standard InChI is InChI=1S/C22H25FN6O2S/c23-15-1-2-17-16(9-15)14(5-8-30)11-29(17)19-18-21(27-12-26-19)32-22(28-18)20(31)25-10-13-3-6-24-7-4-13/h1-2,9,12-14,24,30H,3-8,10-11H2,(H,25,31). The maximum atomic E-state index is 13.9. The summed E-state index contributed by atoms with van der Waals surface area (Å²) in [6.07, 6.45) is 4.11. The molecule has 1 saturated heterocycles. The fraction of sp³-hybridized carbons (Fsp3) is 0.455. The van der Waals surface area contributed by atoms with Gasteiger partial charge in [0.15, 0.2) is 10.8 Å². The minimum absolute atomic E-state index is 0.0119. The Morgan fingerprint density at radius 2 is 2.16 bits per heavy atom. The van der Waals surface area contributed by atoms with Crippen LogP contribution in [0.4, 0.5) is 15.9 Å². The Kier molecular flexibility index (Phi) is 5.99. The van der Waals surface area contributed by atoms with Gasteiger partial charge >= 0.3 is 0 Å². The summed E-state index contributed by atoms with van der Waals surface area (Å²) in [6.45, 7) is 3.19. The van der Waals surface area contributed by atoms with Crippen molar-refractivity contribution in [1.82, 2.24) is 25.6 Å². The normalized spacial score (nSPS) is 18.8. The fourth-order valence-corrected chi connectivity index (χ4v) is 5.37. The summed E-state index contributed by atoms with van der Waals surface area (Å²) >= 11 is 1.25. The molecule has 1 unspecified atom stereocenters. The highest BCUT2D eigenvalue weighted by molar-refractivity contribution is 7.19. The molecule has 2 aliphatic rings. The number of fused-ring (bicyclic) bond motifs is 2. The van der Waals surface area contributed by atoms with Gasteiger partial charge < -0.3 is 20.6 Å². The number of thiazole rings is 1. The van der Waals surface area contributed by atoms with Gasteiger partial charge in [0.1, 0.15) is 22.5 Å². The number of carbonyl (C=O) groups is 1. The molecule has 1 fully saturated rings. The lowest BCUT2D eigenvalue weighted by Crippen LogP contribution is -2.35. The van der Waals surface area contributed by atoms with E-state index in [1.807, 2.05) is 4.90 Å². The molecule has 1 amide bonds. The maximum Gasteiger partial charge on any atom is 0.280 e. The third-order valence-corrected chi connectivity index (χ3v) is 7.20. The van der Waals surface area contributed by atoms with E-state index in [1.165, 1.54) is 29.8 Å². The number of amides is 1. The van der Waals surface area contributed by atoms with Crippen LogP contribution in [0.1, 0.15) is 40.5 Å². The van der Waals surface area contributed by atoms with Crippen molar-refractivity contribution in [3.63, 3.8) is 0 Å². The van der Waals surface area contributed by atoms with Gasteiger partial charge in [-0.3, -0.25) is 4.79 Å². The number of hydrogen-bond donors (Lipinski definition) is 3. The van der Waals surface area contributed by atoms with Crippen molar-refractivity contribution in [3.8, 4) is 0 Å². The molecule has 0 saturated carbocycles. The van der Waals surface area contributed by atoms with Gasteiger partial charge in [0.2, 0.25) is 0 Å². The number of rotatable bonds is 6. The molecule has 1 atom stereocenters. The number of aliphatic hydroxyl groups excluding tert-OH is 1. The zero-order valence-electron chi connectivity index (χ0n) is 17.6. The summed E-state index contributed by atoms with van der Waals surface area (Å²) in [4.78, 5) is 28.7. The highest BCUT2D eigenvalue weighted by Crippen LogP contribution is 2.43. The summed E-state index contributed by atoms with van der Waals surface area (Å²) in [6, 6.07) is 4.68. The Balaban J connectivity index is 1.42. The average Bonchev–Trinajstić information content (AvgIpc) is 3.40. The van der Waals surface area contributed by atoms with E-state index in [0.717, 1.165) is 37.2 Å². The van der Waals surface area contributed by atoms with Crippen LogP contribution in [0.3, 0.4) is 0 Å². The number of hydrogen-bond acceptors (Lipinski definition) is 8. The van der Waals surface area contributed by atoms with Crippen molar-refractivity contribution in [2.24, 2.45) is 5.92 Å². The molecule has 32 heavy (non-hydrogen) atoms. The molecule has 168 valence electrons. The predicted octanol–water partition coefficient (Wildman–Crippen LogP) is 2.57. The second-order valence-electron chi connectivity index (χ2n) is 8.30. The summed E-state index contributed by atoms with van der Waals surface area (Å²) in [7, 11) is 0. The molecule has 10 heteroatoms. The van der Waals surface area contributed by atoms with Crippen molar-refractivity contribution in [1.29, 1.82) is 0 Å². The zero-order chi connectivity index (χ0) is 22.1. The van der Waals surface area contributed by atoms with Gasteiger partial charge in [-0.05, 0) is 62.0 Å². The first-order chi connectivity index (χ1) is 15.6. The van der Waals surface area contributed by atoms with Crippen LogP contribution in [-0.4, -0.2) is 58.8 Å². The van der Waals surface area contributed by atoms with Crippen molar-refractivity contribution in [2.45, 2.75) is 25.2 Å². The molecule has 8 nitrogen and oxygen atoms in total. The van der Waals surface area contributed by atoms with Gasteiger partial charge in [-0.1, -0.05) is 11.3 Å². The highest BCUT2D eigenvalue weighted by atomic mass is 32.1. The monoisotopic (exact) mass is 456 g/mol. The number of benzene rings is 1. The average molecular weight is 457 g/mol. The molecule has 1 aromatic carbocycles. The smallest absolute Gasteiger partial charge is 0.280 e. The third kappa shape index (κ3) is 4.05. The first kappa shape index (κ1) is 21.2. The maximum absolute atomic E-state index is 13.9. The number of nitrogens with zero attached hydrogens (tertiary/aromatic N) is 4. The van der Waals surface area contributed by atoms with Crippen molar-refractivity contribution in [2.75, 3.05) is 37.7 Å². The van der Waals surface area contributed by atoms with Crippen LogP contribution in [0.25, 0.3) is 10.3 Å². The van der Waals surface area contributed by atoms with Crippen LogP contribution < -0.4 is 15.5 Å². The Morgan fingerprint density at radius 1 is 1.31 bits per heavy atom. The van der Waals surface area contributed by atoms with Crippen molar-refractivity contribution >= 4 is 39.1 Å².